The first-order valence-electron chi connectivity index (χ1n) is 9.42. The number of aromatic nitrogens is 1. The number of nitrogens with one attached hydrogen (secondary N) is 1. The molecule has 0 saturated carbocycles. The fourth-order valence-electron chi connectivity index (χ4n) is 3.60. The minimum absolute atomic E-state index is 0.0369. The van der Waals surface area contributed by atoms with Gasteiger partial charge in [-0.25, -0.2) is 4.39 Å². The zero-order valence-corrected chi connectivity index (χ0v) is 16.8. The average molecular weight is 369 g/mol. The number of benzene rings is 1. The normalized spacial score (nSPS) is 14.1. The van der Waals surface area contributed by atoms with Gasteiger partial charge in [-0.15, -0.1) is 0 Å². The molecule has 1 aromatic carbocycles. The number of carbonyl (C=O) groups is 1. The lowest BCUT2D eigenvalue weighted by atomic mass is 9.92. The maximum atomic E-state index is 13.5. The van der Waals surface area contributed by atoms with Gasteiger partial charge in [0.05, 0.1) is 6.20 Å². The Balaban J connectivity index is 1.80. The molecule has 2 heterocycles. The molecule has 0 radical (unpaired) electrons. The van der Waals surface area contributed by atoms with E-state index in [1.807, 2.05) is 13.8 Å². The Morgan fingerprint density at radius 3 is 2.52 bits per heavy atom. The number of nitrogens with zero attached hydrogens (tertiary/aromatic N) is 2. The zero-order valence-electron chi connectivity index (χ0n) is 16.8. The van der Waals surface area contributed by atoms with Crippen molar-refractivity contribution >= 4 is 17.3 Å². The van der Waals surface area contributed by atoms with Crippen LogP contribution in [0.1, 0.15) is 49.6 Å². The van der Waals surface area contributed by atoms with Crippen LogP contribution in [0.3, 0.4) is 0 Å². The van der Waals surface area contributed by atoms with Crippen molar-refractivity contribution in [1.29, 1.82) is 0 Å². The summed E-state index contributed by atoms with van der Waals surface area (Å²) in [5, 5.41) is 3.07. The van der Waals surface area contributed by atoms with Crippen molar-refractivity contribution in [3.8, 4) is 0 Å². The molecule has 1 aliphatic rings. The number of amides is 1. The smallest absolute Gasteiger partial charge is 0.224 e. The molecule has 0 atom stereocenters. The Kier molecular flexibility index (Phi) is 5.22. The number of pyridine rings is 1. The number of rotatable bonds is 3. The van der Waals surface area contributed by atoms with Crippen molar-refractivity contribution in [1.82, 2.24) is 4.98 Å². The molecular weight excluding hydrogens is 341 g/mol. The highest BCUT2D eigenvalue weighted by Gasteiger charge is 2.21. The summed E-state index contributed by atoms with van der Waals surface area (Å²) < 4.78 is 13.5. The van der Waals surface area contributed by atoms with Crippen LogP contribution in [0.25, 0.3) is 0 Å². The molecule has 0 saturated heterocycles. The summed E-state index contributed by atoms with van der Waals surface area (Å²) in [6.45, 7) is 11.7. The Morgan fingerprint density at radius 2 is 1.89 bits per heavy atom. The van der Waals surface area contributed by atoms with Crippen LogP contribution in [0.15, 0.2) is 24.4 Å². The van der Waals surface area contributed by atoms with Gasteiger partial charge in [-0.1, -0.05) is 20.8 Å². The molecule has 3 rings (SSSR count). The van der Waals surface area contributed by atoms with Crippen LogP contribution in [0, 0.1) is 25.1 Å². The second-order valence-corrected chi connectivity index (χ2v) is 8.67. The van der Waals surface area contributed by atoms with Crippen molar-refractivity contribution in [2.45, 2.75) is 54.0 Å². The minimum atomic E-state index is -0.292. The molecule has 0 bridgehead atoms. The van der Waals surface area contributed by atoms with Crippen molar-refractivity contribution in [2.24, 2.45) is 5.41 Å². The van der Waals surface area contributed by atoms with E-state index in [0.29, 0.717) is 13.0 Å². The van der Waals surface area contributed by atoms with E-state index in [4.69, 9.17) is 0 Å². The minimum Gasteiger partial charge on any atom is -0.367 e. The Bertz CT molecular complexity index is 847. The molecule has 0 aliphatic carbocycles. The highest BCUT2D eigenvalue weighted by atomic mass is 19.1. The monoisotopic (exact) mass is 369 g/mol. The lowest BCUT2D eigenvalue weighted by molar-refractivity contribution is -0.117. The SMILES string of the molecule is Cc1cc(N2CCc3ncc(F)cc3C2)cc(C)c1NC(=O)CC(C)(C)C. The van der Waals surface area contributed by atoms with Crippen LogP contribution in [-0.4, -0.2) is 17.4 Å². The molecule has 144 valence electrons. The number of anilines is 2. The molecule has 2 aromatic rings. The number of aryl methyl sites for hydroxylation is 2. The van der Waals surface area contributed by atoms with E-state index >= 15 is 0 Å². The lowest BCUT2D eigenvalue weighted by Crippen LogP contribution is -2.31. The van der Waals surface area contributed by atoms with E-state index < -0.39 is 0 Å². The molecule has 27 heavy (non-hydrogen) atoms. The second-order valence-electron chi connectivity index (χ2n) is 8.67. The fraction of sp³-hybridized carbons (Fsp3) is 0.455. The topological polar surface area (TPSA) is 45.2 Å². The van der Waals surface area contributed by atoms with Crippen LogP contribution >= 0.6 is 0 Å². The molecule has 1 aromatic heterocycles. The molecule has 1 aliphatic heterocycles. The number of hydrogen-bond acceptors (Lipinski definition) is 3. The summed E-state index contributed by atoms with van der Waals surface area (Å²) in [7, 11) is 0. The zero-order chi connectivity index (χ0) is 19.8. The summed E-state index contributed by atoms with van der Waals surface area (Å²) >= 11 is 0. The van der Waals surface area contributed by atoms with Gasteiger partial charge in [0, 0.05) is 43.0 Å². The van der Waals surface area contributed by atoms with Gasteiger partial charge in [-0.3, -0.25) is 9.78 Å². The van der Waals surface area contributed by atoms with Crippen molar-refractivity contribution in [3.63, 3.8) is 0 Å². The van der Waals surface area contributed by atoms with E-state index in [9.17, 15) is 9.18 Å². The molecule has 0 spiro atoms. The molecule has 1 amide bonds. The van der Waals surface area contributed by atoms with E-state index in [0.717, 1.165) is 46.7 Å². The number of fused-ring (bicyclic) bond motifs is 1. The quantitative estimate of drug-likeness (QED) is 0.847. The Hall–Kier alpha value is -2.43. The number of hydrogen-bond donors (Lipinski definition) is 1. The maximum Gasteiger partial charge on any atom is 0.224 e. The first-order chi connectivity index (χ1) is 12.6. The van der Waals surface area contributed by atoms with Gasteiger partial charge in [0.1, 0.15) is 5.82 Å². The fourth-order valence-corrected chi connectivity index (χ4v) is 3.60. The van der Waals surface area contributed by atoms with Crippen molar-refractivity contribution in [3.05, 3.63) is 52.6 Å². The van der Waals surface area contributed by atoms with Gasteiger partial charge in [0.15, 0.2) is 0 Å². The van der Waals surface area contributed by atoms with E-state index in [2.05, 4.69) is 48.1 Å². The van der Waals surface area contributed by atoms with Gasteiger partial charge < -0.3 is 10.2 Å². The predicted octanol–water partition coefficient (Wildman–Crippen LogP) is 4.77. The third-order valence-electron chi connectivity index (χ3n) is 4.84. The van der Waals surface area contributed by atoms with Gasteiger partial charge in [0.25, 0.3) is 0 Å². The third-order valence-corrected chi connectivity index (χ3v) is 4.84. The van der Waals surface area contributed by atoms with Crippen LogP contribution in [0.4, 0.5) is 15.8 Å². The van der Waals surface area contributed by atoms with Crippen LogP contribution in [-0.2, 0) is 17.8 Å². The summed E-state index contributed by atoms with van der Waals surface area (Å²) in [6, 6.07) is 5.77. The Labute approximate surface area is 160 Å². The van der Waals surface area contributed by atoms with E-state index in [1.54, 1.807) is 6.07 Å². The molecule has 1 N–H and O–H groups in total. The lowest BCUT2D eigenvalue weighted by Gasteiger charge is -2.31. The van der Waals surface area contributed by atoms with E-state index in [-0.39, 0.29) is 17.1 Å². The molecular formula is C22H28FN3O. The third kappa shape index (κ3) is 4.65. The molecule has 5 heteroatoms. The average Bonchev–Trinajstić information content (AvgIpc) is 2.55. The summed E-state index contributed by atoms with van der Waals surface area (Å²) in [5.74, 6) is -0.255. The first-order valence-corrected chi connectivity index (χ1v) is 9.42. The van der Waals surface area contributed by atoms with Gasteiger partial charge in [-0.2, -0.15) is 0 Å². The molecule has 4 nitrogen and oxygen atoms in total. The van der Waals surface area contributed by atoms with Gasteiger partial charge in [0.2, 0.25) is 5.91 Å². The van der Waals surface area contributed by atoms with Crippen molar-refractivity contribution in [2.75, 3.05) is 16.8 Å². The second kappa shape index (κ2) is 7.29. The van der Waals surface area contributed by atoms with Crippen LogP contribution in [0.2, 0.25) is 0 Å². The number of carbonyl (C=O) groups excluding carboxylic acids is 1. The van der Waals surface area contributed by atoms with E-state index in [1.165, 1.54) is 6.20 Å². The Morgan fingerprint density at radius 1 is 1.22 bits per heavy atom. The van der Waals surface area contributed by atoms with Crippen LogP contribution < -0.4 is 10.2 Å². The van der Waals surface area contributed by atoms with Crippen molar-refractivity contribution < 1.29 is 9.18 Å². The molecule has 0 unspecified atom stereocenters. The first kappa shape index (κ1) is 19.3. The number of halogens is 1. The largest absolute Gasteiger partial charge is 0.367 e. The van der Waals surface area contributed by atoms with Gasteiger partial charge in [-0.05, 0) is 54.2 Å². The summed E-state index contributed by atoms with van der Waals surface area (Å²) in [5.41, 5.74) is 5.93. The molecule has 0 fully saturated rings. The maximum absolute atomic E-state index is 13.5. The predicted molar refractivity (Wildman–Crippen MR) is 108 cm³/mol. The summed E-state index contributed by atoms with van der Waals surface area (Å²) in [6.07, 6.45) is 2.57. The standard InChI is InChI=1S/C22H28FN3O/c1-14-8-18(9-15(2)21(14)25-20(27)11-22(3,4)5)26-7-6-19-16(13-26)10-17(23)12-24-19/h8-10,12H,6-7,11,13H2,1-5H3,(H,25,27). The highest BCUT2D eigenvalue weighted by Crippen LogP contribution is 2.31. The van der Waals surface area contributed by atoms with Crippen LogP contribution in [0.5, 0.6) is 0 Å². The summed E-state index contributed by atoms with van der Waals surface area (Å²) in [4.78, 5) is 18.8. The highest BCUT2D eigenvalue weighted by molar-refractivity contribution is 5.93. The van der Waals surface area contributed by atoms with Gasteiger partial charge >= 0.3 is 0 Å².